The molecule has 3 rings (SSSR count). The minimum absolute atomic E-state index is 0.312. The fourth-order valence-corrected chi connectivity index (χ4v) is 2.95. The highest BCUT2D eigenvalue weighted by Gasteiger charge is 2.36. The Labute approximate surface area is 155 Å². The molecule has 9 heteroatoms. The van der Waals surface area contributed by atoms with Crippen LogP contribution in [-0.2, 0) is 6.18 Å². The lowest BCUT2D eigenvalue weighted by Crippen LogP contribution is -2.49. The first-order valence-electron chi connectivity index (χ1n) is 8.49. The molecule has 0 N–H and O–H groups in total. The van der Waals surface area contributed by atoms with Gasteiger partial charge in [0, 0.05) is 40.3 Å². The van der Waals surface area contributed by atoms with Crippen molar-refractivity contribution in [3.63, 3.8) is 0 Å². The minimum atomic E-state index is -4.56. The molecule has 144 valence electrons. The largest absolute Gasteiger partial charge is 0.417 e. The number of amides is 1. The van der Waals surface area contributed by atoms with Crippen LogP contribution in [0.25, 0.3) is 0 Å². The second-order valence-corrected chi connectivity index (χ2v) is 6.47. The molecule has 1 fully saturated rings. The molecule has 1 saturated heterocycles. The number of alkyl halides is 3. The number of nitrogens with zero attached hydrogens (tertiary/aromatic N) is 5. The highest BCUT2D eigenvalue weighted by atomic mass is 19.4. The molecule has 1 aliphatic rings. The Kier molecular flexibility index (Phi) is 5.20. The van der Waals surface area contributed by atoms with Gasteiger partial charge in [-0.15, -0.1) is 10.2 Å². The third kappa shape index (κ3) is 4.12. The number of rotatable bonds is 3. The molecule has 6 nitrogen and oxygen atoms in total. The second kappa shape index (κ2) is 7.42. The van der Waals surface area contributed by atoms with E-state index in [1.165, 1.54) is 23.1 Å². The molecule has 1 aliphatic heterocycles. The molecular formula is C18H20F3N5O. The Morgan fingerprint density at radius 3 is 2.22 bits per heavy atom. The lowest BCUT2D eigenvalue weighted by atomic mass is 10.1. The van der Waals surface area contributed by atoms with E-state index in [2.05, 4.69) is 10.2 Å². The van der Waals surface area contributed by atoms with Crippen LogP contribution < -0.4 is 9.80 Å². The first-order chi connectivity index (χ1) is 12.8. The molecule has 0 atom stereocenters. The van der Waals surface area contributed by atoms with Crippen molar-refractivity contribution in [3.05, 3.63) is 47.5 Å². The van der Waals surface area contributed by atoms with Crippen molar-refractivity contribution in [1.29, 1.82) is 0 Å². The summed E-state index contributed by atoms with van der Waals surface area (Å²) in [7, 11) is 3.74. The van der Waals surface area contributed by atoms with E-state index in [1.807, 2.05) is 36.0 Å². The fraction of sp³-hybridized carbons (Fsp3) is 0.389. The van der Waals surface area contributed by atoms with E-state index >= 15 is 0 Å². The van der Waals surface area contributed by atoms with Crippen LogP contribution in [0.3, 0.4) is 0 Å². The maximum Gasteiger partial charge on any atom is 0.417 e. The van der Waals surface area contributed by atoms with Gasteiger partial charge in [0.15, 0.2) is 11.6 Å². The molecule has 0 bridgehead atoms. The number of aromatic nitrogens is 2. The summed E-state index contributed by atoms with van der Waals surface area (Å²) in [5.74, 6) is 0.816. The predicted octanol–water partition coefficient (Wildman–Crippen LogP) is 2.52. The van der Waals surface area contributed by atoms with Crippen LogP contribution in [0.4, 0.5) is 24.8 Å². The molecule has 0 aliphatic carbocycles. The number of carbonyl (C=O) groups is 1. The van der Waals surface area contributed by atoms with Crippen LogP contribution in [0.1, 0.15) is 15.9 Å². The number of anilines is 2. The van der Waals surface area contributed by atoms with Gasteiger partial charge in [-0.1, -0.05) is 12.1 Å². The van der Waals surface area contributed by atoms with E-state index in [1.54, 1.807) is 0 Å². The summed E-state index contributed by atoms with van der Waals surface area (Å²) in [5, 5.41) is 8.30. The predicted molar refractivity (Wildman–Crippen MR) is 95.9 cm³/mol. The van der Waals surface area contributed by atoms with E-state index in [0.717, 1.165) is 11.9 Å². The maximum atomic E-state index is 13.2. The third-order valence-electron chi connectivity index (χ3n) is 4.45. The maximum absolute atomic E-state index is 13.2. The van der Waals surface area contributed by atoms with E-state index in [4.69, 9.17) is 0 Å². The van der Waals surface area contributed by atoms with Crippen molar-refractivity contribution in [2.24, 2.45) is 0 Å². The molecule has 27 heavy (non-hydrogen) atoms. The van der Waals surface area contributed by atoms with Crippen molar-refractivity contribution < 1.29 is 18.0 Å². The first kappa shape index (κ1) is 18.9. The molecule has 2 aromatic rings. The summed E-state index contributed by atoms with van der Waals surface area (Å²) < 4.78 is 39.5. The molecule has 1 aromatic carbocycles. The SMILES string of the molecule is CN(C)c1ccc(N2CCN(C(=O)c3ccccc3C(F)(F)F)CC2)nn1. The zero-order valence-electron chi connectivity index (χ0n) is 15.1. The van der Waals surface area contributed by atoms with Gasteiger partial charge in [-0.2, -0.15) is 13.2 Å². The van der Waals surface area contributed by atoms with Gasteiger partial charge in [0.25, 0.3) is 5.91 Å². The fourth-order valence-electron chi connectivity index (χ4n) is 2.95. The Morgan fingerprint density at radius 1 is 1.00 bits per heavy atom. The van der Waals surface area contributed by atoms with Crippen molar-refractivity contribution in [2.75, 3.05) is 50.1 Å². The molecule has 1 aromatic heterocycles. The molecule has 0 saturated carbocycles. The summed E-state index contributed by atoms with van der Waals surface area (Å²) in [4.78, 5) is 17.9. The Balaban J connectivity index is 1.68. The van der Waals surface area contributed by atoms with Crippen LogP contribution >= 0.6 is 0 Å². The van der Waals surface area contributed by atoms with E-state index < -0.39 is 17.6 Å². The van der Waals surface area contributed by atoms with Gasteiger partial charge in [0.05, 0.1) is 11.1 Å². The van der Waals surface area contributed by atoms with E-state index in [0.29, 0.717) is 32.0 Å². The summed E-state index contributed by atoms with van der Waals surface area (Å²) >= 11 is 0. The van der Waals surface area contributed by atoms with Crippen LogP contribution in [0.15, 0.2) is 36.4 Å². The van der Waals surface area contributed by atoms with Crippen molar-refractivity contribution in [2.45, 2.75) is 6.18 Å². The molecule has 0 radical (unpaired) electrons. The lowest BCUT2D eigenvalue weighted by molar-refractivity contribution is -0.138. The zero-order chi connectivity index (χ0) is 19.6. The Hall–Kier alpha value is -2.84. The quantitative estimate of drug-likeness (QED) is 0.820. The van der Waals surface area contributed by atoms with Crippen LogP contribution in [-0.4, -0.2) is 61.3 Å². The van der Waals surface area contributed by atoms with Gasteiger partial charge in [-0.3, -0.25) is 4.79 Å². The number of halogens is 3. The second-order valence-electron chi connectivity index (χ2n) is 6.47. The lowest BCUT2D eigenvalue weighted by Gasteiger charge is -2.35. The van der Waals surface area contributed by atoms with E-state index in [9.17, 15) is 18.0 Å². The summed E-state index contributed by atoms with van der Waals surface area (Å²) in [6.07, 6.45) is -4.56. The van der Waals surface area contributed by atoms with Gasteiger partial charge >= 0.3 is 6.18 Å². The molecule has 1 amide bonds. The van der Waals surface area contributed by atoms with Gasteiger partial charge in [-0.25, -0.2) is 0 Å². The van der Waals surface area contributed by atoms with Crippen LogP contribution in [0.5, 0.6) is 0 Å². The van der Waals surface area contributed by atoms with Crippen molar-refractivity contribution in [1.82, 2.24) is 15.1 Å². The van der Waals surface area contributed by atoms with Crippen LogP contribution in [0, 0.1) is 0 Å². The van der Waals surface area contributed by atoms with E-state index in [-0.39, 0.29) is 5.56 Å². The van der Waals surface area contributed by atoms with Crippen molar-refractivity contribution in [3.8, 4) is 0 Å². The Morgan fingerprint density at radius 2 is 1.67 bits per heavy atom. The molecule has 0 spiro atoms. The third-order valence-corrected chi connectivity index (χ3v) is 4.45. The normalized spacial score (nSPS) is 15.0. The van der Waals surface area contributed by atoms with Gasteiger partial charge in [0.2, 0.25) is 0 Å². The van der Waals surface area contributed by atoms with Gasteiger partial charge in [-0.05, 0) is 24.3 Å². The van der Waals surface area contributed by atoms with Gasteiger partial charge in [0.1, 0.15) is 0 Å². The number of hydrogen-bond donors (Lipinski definition) is 0. The highest BCUT2D eigenvalue weighted by Crippen LogP contribution is 2.32. The minimum Gasteiger partial charge on any atom is -0.361 e. The average molecular weight is 379 g/mol. The standard InChI is InChI=1S/C18H20F3N5O/c1-24(2)15-7-8-16(23-22-15)25-9-11-26(12-10-25)17(27)13-5-3-4-6-14(13)18(19,20)21/h3-8H,9-12H2,1-2H3. The number of benzene rings is 1. The number of hydrogen-bond acceptors (Lipinski definition) is 5. The van der Waals surface area contributed by atoms with Gasteiger partial charge < -0.3 is 14.7 Å². The molecular weight excluding hydrogens is 359 g/mol. The van der Waals surface area contributed by atoms with Crippen molar-refractivity contribution >= 4 is 17.5 Å². The van der Waals surface area contributed by atoms with Crippen LogP contribution in [0.2, 0.25) is 0 Å². The highest BCUT2D eigenvalue weighted by molar-refractivity contribution is 5.96. The molecule has 0 unspecified atom stereocenters. The summed E-state index contributed by atoms with van der Waals surface area (Å²) in [6, 6.07) is 8.58. The monoisotopic (exact) mass is 379 g/mol. The summed E-state index contributed by atoms with van der Waals surface area (Å²) in [5.41, 5.74) is -1.21. The smallest absolute Gasteiger partial charge is 0.361 e. The topological polar surface area (TPSA) is 52.6 Å². The number of carbonyl (C=O) groups excluding carboxylic acids is 1. The molecule has 2 heterocycles. The summed E-state index contributed by atoms with van der Waals surface area (Å²) in [6.45, 7) is 1.61. The number of piperazine rings is 1. The average Bonchev–Trinajstić information content (AvgIpc) is 2.67. The first-order valence-corrected chi connectivity index (χ1v) is 8.49. The zero-order valence-corrected chi connectivity index (χ0v) is 15.1. The Bertz CT molecular complexity index is 799.